The average Bonchev–Trinajstić information content (AvgIpc) is 2.24. The number of amides is 1. The summed E-state index contributed by atoms with van der Waals surface area (Å²) >= 11 is 7.73. The monoisotopic (exact) mass is 369 g/mol. The summed E-state index contributed by atoms with van der Waals surface area (Å²) in [6, 6.07) is 4.02. The Morgan fingerprint density at radius 3 is 2.65 bits per heavy atom. The Labute approximate surface area is 119 Å². The number of rotatable bonds is 4. The molecule has 0 saturated heterocycles. The number of nitrogens with one attached hydrogen (secondary N) is 1. The second kappa shape index (κ2) is 6.54. The topological polar surface area (TPSA) is 29.1 Å². The molecule has 0 aliphatic heterocycles. The van der Waals surface area contributed by atoms with Gasteiger partial charge < -0.3 is 5.32 Å². The lowest BCUT2D eigenvalue weighted by Crippen LogP contribution is -2.40. The minimum Gasteiger partial charge on any atom is -0.348 e. The molecule has 1 aromatic carbocycles. The third-order valence-corrected chi connectivity index (χ3v) is 3.69. The van der Waals surface area contributed by atoms with E-state index < -0.39 is 0 Å². The van der Waals surface area contributed by atoms with Crippen LogP contribution in [-0.4, -0.2) is 17.8 Å². The van der Waals surface area contributed by atoms with Crippen LogP contribution in [0.5, 0.6) is 0 Å². The molecule has 2 nitrogen and oxygen atoms in total. The van der Waals surface area contributed by atoms with Gasteiger partial charge in [0.15, 0.2) is 0 Å². The van der Waals surface area contributed by atoms with Gasteiger partial charge in [-0.25, -0.2) is 4.39 Å². The van der Waals surface area contributed by atoms with Gasteiger partial charge in [0.1, 0.15) is 5.82 Å². The van der Waals surface area contributed by atoms with Crippen LogP contribution in [0.4, 0.5) is 4.39 Å². The SMILES string of the molecule is CC(C)C(CCl)NC(=O)c1ccc(F)cc1I. The molecule has 0 radical (unpaired) electrons. The second-order valence-corrected chi connectivity index (χ2v) is 5.57. The molecule has 1 N–H and O–H groups in total. The Hall–Kier alpha value is -0.360. The van der Waals surface area contributed by atoms with E-state index in [1.165, 1.54) is 18.2 Å². The van der Waals surface area contributed by atoms with Gasteiger partial charge in [-0.3, -0.25) is 4.79 Å². The van der Waals surface area contributed by atoms with Gasteiger partial charge in [0.05, 0.1) is 5.56 Å². The smallest absolute Gasteiger partial charge is 0.252 e. The number of benzene rings is 1. The van der Waals surface area contributed by atoms with E-state index in [0.29, 0.717) is 15.0 Å². The Balaban J connectivity index is 2.82. The summed E-state index contributed by atoms with van der Waals surface area (Å²) in [7, 11) is 0. The highest BCUT2D eigenvalue weighted by Gasteiger charge is 2.17. The third-order valence-electron chi connectivity index (χ3n) is 2.46. The predicted molar refractivity (Wildman–Crippen MR) is 75.9 cm³/mol. The van der Waals surface area contributed by atoms with Crippen molar-refractivity contribution in [1.82, 2.24) is 5.32 Å². The van der Waals surface area contributed by atoms with Gasteiger partial charge in [-0.2, -0.15) is 0 Å². The Morgan fingerprint density at radius 1 is 1.53 bits per heavy atom. The molecule has 1 aromatic rings. The first-order chi connectivity index (χ1) is 7.95. The molecule has 1 unspecified atom stereocenters. The summed E-state index contributed by atoms with van der Waals surface area (Å²) in [6.07, 6.45) is 0. The minimum absolute atomic E-state index is 0.0787. The van der Waals surface area contributed by atoms with Crippen molar-refractivity contribution in [3.63, 3.8) is 0 Å². The van der Waals surface area contributed by atoms with Crippen molar-refractivity contribution in [3.05, 3.63) is 33.1 Å². The van der Waals surface area contributed by atoms with Crippen molar-refractivity contribution < 1.29 is 9.18 Å². The molecule has 5 heteroatoms. The maximum absolute atomic E-state index is 12.9. The van der Waals surface area contributed by atoms with Crippen LogP contribution in [0.25, 0.3) is 0 Å². The molecule has 0 bridgehead atoms. The number of hydrogen-bond donors (Lipinski definition) is 1. The van der Waals surface area contributed by atoms with E-state index >= 15 is 0 Å². The van der Waals surface area contributed by atoms with Crippen molar-refractivity contribution in [3.8, 4) is 0 Å². The zero-order valence-corrected chi connectivity index (χ0v) is 12.5. The molecule has 0 spiro atoms. The van der Waals surface area contributed by atoms with Gasteiger partial charge in [0.2, 0.25) is 0 Å². The lowest BCUT2D eigenvalue weighted by atomic mass is 10.1. The van der Waals surface area contributed by atoms with Gasteiger partial charge in [-0.1, -0.05) is 13.8 Å². The van der Waals surface area contributed by atoms with Gasteiger partial charge in [0, 0.05) is 15.5 Å². The largest absolute Gasteiger partial charge is 0.348 e. The maximum Gasteiger partial charge on any atom is 0.252 e. The molecular weight excluding hydrogens is 355 g/mol. The standard InChI is InChI=1S/C12H14ClFINO/c1-7(2)11(6-13)16-12(17)9-4-3-8(14)5-10(9)15/h3-5,7,11H,6H2,1-2H3,(H,16,17). The zero-order chi connectivity index (χ0) is 13.0. The molecule has 1 atom stereocenters. The van der Waals surface area contributed by atoms with E-state index in [-0.39, 0.29) is 23.7 Å². The number of carbonyl (C=O) groups excluding carboxylic acids is 1. The summed E-state index contributed by atoms with van der Waals surface area (Å²) in [4.78, 5) is 12.0. The van der Waals surface area contributed by atoms with Gasteiger partial charge >= 0.3 is 0 Å². The lowest BCUT2D eigenvalue weighted by Gasteiger charge is -2.20. The fraction of sp³-hybridized carbons (Fsp3) is 0.417. The van der Waals surface area contributed by atoms with Gasteiger partial charge in [-0.15, -0.1) is 11.6 Å². The Morgan fingerprint density at radius 2 is 2.18 bits per heavy atom. The predicted octanol–water partition coefficient (Wildman–Crippen LogP) is 3.42. The maximum atomic E-state index is 12.9. The molecule has 94 valence electrons. The van der Waals surface area contributed by atoms with Gasteiger partial charge in [-0.05, 0) is 46.7 Å². The number of halogens is 3. The first-order valence-electron chi connectivity index (χ1n) is 5.27. The molecule has 0 fully saturated rings. The highest BCUT2D eigenvalue weighted by atomic mass is 127. The molecule has 0 aromatic heterocycles. The van der Waals surface area contributed by atoms with Crippen LogP contribution in [0, 0.1) is 15.3 Å². The summed E-state index contributed by atoms with van der Waals surface area (Å²) in [5.74, 6) is 0.0632. The van der Waals surface area contributed by atoms with Crippen LogP contribution in [0.2, 0.25) is 0 Å². The third kappa shape index (κ3) is 4.10. The highest BCUT2D eigenvalue weighted by molar-refractivity contribution is 14.1. The summed E-state index contributed by atoms with van der Waals surface area (Å²) in [6.45, 7) is 3.98. The van der Waals surface area contributed by atoms with Crippen molar-refractivity contribution in [2.24, 2.45) is 5.92 Å². The van der Waals surface area contributed by atoms with Crippen LogP contribution in [0.15, 0.2) is 18.2 Å². The van der Waals surface area contributed by atoms with Crippen molar-refractivity contribution in [2.45, 2.75) is 19.9 Å². The van der Waals surface area contributed by atoms with Crippen molar-refractivity contribution in [1.29, 1.82) is 0 Å². The van der Waals surface area contributed by atoms with E-state index in [1.54, 1.807) is 0 Å². The van der Waals surface area contributed by atoms with Crippen LogP contribution in [0.1, 0.15) is 24.2 Å². The number of hydrogen-bond acceptors (Lipinski definition) is 1. The van der Waals surface area contributed by atoms with E-state index in [0.717, 1.165) is 0 Å². The zero-order valence-electron chi connectivity index (χ0n) is 9.64. The molecule has 0 aliphatic carbocycles. The summed E-state index contributed by atoms with van der Waals surface area (Å²) in [5, 5.41) is 2.84. The van der Waals surface area contributed by atoms with Crippen LogP contribution < -0.4 is 5.32 Å². The van der Waals surface area contributed by atoms with Crippen molar-refractivity contribution >= 4 is 40.1 Å². The molecule has 1 amide bonds. The van der Waals surface area contributed by atoms with Gasteiger partial charge in [0.25, 0.3) is 5.91 Å². The average molecular weight is 370 g/mol. The highest BCUT2D eigenvalue weighted by Crippen LogP contribution is 2.15. The lowest BCUT2D eigenvalue weighted by molar-refractivity contribution is 0.0930. The van der Waals surface area contributed by atoms with Crippen molar-refractivity contribution in [2.75, 3.05) is 5.88 Å². The summed E-state index contributed by atoms with van der Waals surface area (Å²) in [5.41, 5.74) is 0.475. The van der Waals surface area contributed by atoms with Crippen LogP contribution in [-0.2, 0) is 0 Å². The molecule has 17 heavy (non-hydrogen) atoms. The molecule has 0 aliphatic rings. The normalized spacial score (nSPS) is 12.6. The molecule has 0 saturated carbocycles. The number of carbonyl (C=O) groups is 1. The summed E-state index contributed by atoms with van der Waals surface area (Å²) < 4.78 is 13.5. The van der Waals surface area contributed by atoms with Crippen LogP contribution >= 0.6 is 34.2 Å². The fourth-order valence-electron chi connectivity index (χ4n) is 1.30. The Kier molecular flexibility index (Phi) is 5.66. The Bertz CT molecular complexity index is 411. The van der Waals surface area contributed by atoms with E-state index in [9.17, 15) is 9.18 Å². The first-order valence-corrected chi connectivity index (χ1v) is 6.89. The fourth-order valence-corrected chi connectivity index (χ4v) is 2.46. The molecule has 0 heterocycles. The number of alkyl halides is 1. The molecule has 1 rings (SSSR count). The quantitative estimate of drug-likeness (QED) is 0.639. The van der Waals surface area contributed by atoms with E-state index in [2.05, 4.69) is 5.32 Å². The van der Waals surface area contributed by atoms with E-state index in [4.69, 9.17) is 11.6 Å². The van der Waals surface area contributed by atoms with Crippen LogP contribution in [0.3, 0.4) is 0 Å². The molecular formula is C12H14ClFINO. The minimum atomic E-state index is -0.344. The second-order valence-electron chi connectivity index (χ2n) is 4.10. The van der Waals surface area contributed by atoms with E-state index in [1.807, 2.05) is 36.4 Å². The first kappa shape index (κ1) is 14.7.